The van der Waals surface area contributed by atoms with Crippen molar-refractivity contribution in [3.05, 3.63) is 23.9 Å². The van der Waals surface area contributed by atoms with Crippen LogP contribution in [0.5, 0.6) is 5.88 Å². The van der Waals surface area contributed by atoms with Crippen LogP contribution < -0.4 is 10.5 Å². The normalized spacial score (nSPS) is 15.8. The molecular weight excluding hydrogens is 413 g/mol. The minimum absolute atomic E-state index is 0. The molecule has 0 spiro atoms. The van der Waals surface area contributed by atoms with E-state index in [1.165, 1.54) is 12.3 Å². The van der Waals surface area contributed by atoms with Crippen molar-refractivity contribution in [3.63, 3.8) is 0 Å². The van der Waals surface area contributed by atoms with Gasteiger partial charge in [0.1, 0.15) is 0 Å². The second-order valence-corrected chi connectivity index (χ2v) is 5.38. The number of rotatable bonds is 4. The number of nitrogens with two attached hydrogens (primary N) is 1. The molecule has 9 heteroatoms. The molecule has 1 aliphatic rings. The van der Waals surface area contributed by atoms with Gasteiger partial charge < -0.3 is 15.4 Å². The molecule has 1 fully saturated rings. The molecule has 2 rings (SSSR count). The first-order chi connectivity index (χ1) is 9.65. The third kappa shape index (κ3) is 6.20. The Morgan fingerprint density at radius 2 is 2.19 bits per heavy atom. The number of hydrogen-bond acceptors (Lipinski definition) is 4. The van der Waals surface area contributed by atoms with Crippen LogP contribution in [0.1, 0.15) is 5.56 Å². The van der Waals surface area contributed by atoms with Crippen molar-refractivity contribution in [1.82, 2.24) is 9.88 Å². The summed E-state index contributed by atoms with van der Waals surface area (Å²) in [5, 5.41) is 0. The van der Waals surface area contributed by atoms with Crippen LogP contribution in [0.15, 0.2) is 23.3 Å². The van der Waals surface area contributed by atoms with Crippen molar-refractivity contribution in [2.75, 3.05) is 24.6 Å². The predicted molar refractivity (Wildman–Crippen MR) is 90.5 cm³/mol. The molecule has 1 aromatic heterocycles. The molecule has 0 bridgehead atoms. The van der Waals surface area contributed by atoms with Crippen LogP contribution in [0.3, 0.4) is 0 Å². The number of pyridine rings is 1. The molecule has 1 saturated heterocycles. The molecule has 0 radical (unpaired) electrons. The number of alkyl halides is 2. The van der Waals surface area contributed by atoms with E-state index in [0.29, 0.717) is 12.5 Å². The Balaban J connectivity index is 0.00000220. The first kappa shape index (κ1) is 18.2. The van der Waals surface area contributed by atoms with E-state index in [-0.39, 0.29) is 29.9 Å². The summed E-state index contributed by atoms with van der Waals surface area (Å²) in [4.78, 5) is 10.0. The highest BCUT2D eigenvalue weighted by Crippen LogP contribution is 2.13. The van der Waals surface area contributed by atoms with E-state index in [0.717, 1.165) is 30.2 Å². The van der Waals surface area contributed by atoms with Gasteiger partial charge in [-0.05, 0) is 11.6 Å². The molecule has 0 saturated carbocycles. The van der Waals surface area contributed by atoms with Crippen molar-refractivity contribution in [3.8, 4) is 5.88 Å². The lowest BCUT2D eigenvalue weighted by atomic mass is 10.3. The van der Waals surface area contributed by atoms with Crippen LogP contribution in [0.2, 0.25) is 0 Å². The van der Waals surface area contributed by atoms with E-state index in [2.05, 4.69) is 14.7 Å². The van der Waals surface area contributed by atoms with Crippen LogP contribution >= 0.6 is 35.7 Å². The maximum absolute atomic E-state index is 12.1. The molecule has 21 heavy (non-hydrogen) atoms. The zero-order chi connectivity index (χ0) is 14.4. The summed E-state index contributed by atoms with van der Waals surface area (Å²) in [6.07, 6.45) is 1.41. The fraction of sp³-hybridized carbons (Fsp3) is 0.500. The monoisotopic (exact) mass is 430 g/mol. The molecule has 1 aromatic rings. The highest BCUT2D eigenvalue weighted by molar-refractivity contribution is 14.0. The Morgan fingerprint density at radius 1 is 1.48 bits per heavy atom. The number of thioether (sulfide) groups is 1. The Labute approximate surface area is 143 Å². The summed E-state index contributed by atoms with van der Waals surface area (Å²) >= 11 is 1.89. The van der Waals surface area contributed by atoms with Gasteiger partial charge in [-0.2, -0.15) is 20.5 Å². The molecule has 1 aliphatic heterocycles. The smallest absolute Gasteiger partial charge is 0.388 e. The van der Waals surface area contributed by atoms with E-state index >= 15 is 0 Å². The van der Waals surface area contributed by atoms with Crippen LogP contribution in [0, 0.1) is 0 Å². The van der Waals surface area contributed by atoms with Gasteiger partial charge in [-0.3, -0.25) is 0 Å². The zero-order valence-electron chi connectivity index (χ0n) is 11.2. The highest BCUT2D eigenvalue weighted by Gasteiger charge is 2.12. The Hall–Kier alpha value is -0.840. The Kier molecular flexibility index (Phi) is 8.01. The molecule has 118 valence electrons. The number of aromatic nitrogens is 1. The van der Waals surface area contributed by atoms with Crippen molar-refractivity contribution in [1.29, 1.82) is 0 Å². The summed E-state index contributed by atoms with van der Waals surface area (Å²) in [6, 6.07) is 3.14. The summed E-state index contributed by atoms with van der Waals surface area (Å²) in [5.74, 6) is 2.45. The average Bonchev–Trinajstić information content (AvgIpc) is 2.45. The second-order valence-electron chi connectivity index (χ2n) is 4.15. The third-order valence-corrected chi connectivity index (χ3v) is 3.71. The lowest BCUT2D eigenvalue weighted by Gasteiger charge is -2.27. The van der Waals surface area contributed by atoms with E-state index in [9.17, 15) is 8.78 Å². The molecule has 0 aliphatic carbocycles. The minimum Gasteiger partial charge on any atom is -0.417 e. The first-order valence-corrected chi connectivity index (χ1v) is 7.33. The summed E-state index contributed by atoms with van der Waals surface area (Å²) in [7, 11) is 0. The van der Waals surface area contributed by atoms with Crippen molar-refractivity contribution >= 4 is 41.7 Å². The largest absolute Gasteiger partial charge is 0.417 e. The average molecular weight is 430 g/mol. The van der Waals surface area contributed by atoms with Crippen molar-refractivity contribution in [2.45, 2.75) is 13.2 Å². The molecule has 2 heterocycles. The Morgan fingerprint density at radius 3 is 2.86 bits per heavy atom. The lowest BCUT2D eigenvalue weighted by molar-refractivity contribution is -0.0528. The molecule has 5 nitrogen and oxygen atoms in total. The maximum Gasteiger partial charge on any atom is 0.388 e. The van der Waals surface area contributed by atoms with Crippen LogP contribution in [0.4, 0.5) is 8.78 Å². The van der Waals surface area contributed by atoms with E-state index in [1.54, 1.807) is 6.07 Å². The topological polar surface area (TPSA) is 63.7 Å². The number of guanidine groups is 1. The molecule has 0 atom stereocenters. The molecule has 0 aromatic carbocycles. The second kappa shape index (κ2) is 9.23. The Bertz CT molecular complexity index is 472. The quantitative estimate of drug-likeness (QED) is 0.451. The fourth-order valence-electron chi connectivity index (χ4n) is 1.77. The summed E-state index contributed by atoms with van der Waals surface area (Å²) in [6.45, 7) is -0.791. The van der Waals surface area contributed by atoms with Gasteiger partial charge in [-0.15, -0.1) is 24.0 Å². The van der Waals surface area contributed by atoms with Gasteiger partial charge in [-0.25, -0.2) is 9.98 Å². The molecule has 0 unspecified atom stereocenters. The first-order valence-electron chi connectivity index (χ1n) is 6.17. The standard InChI is InChI=1S/C12H16F2N4OS.HI/c13-11(14)19-10-7-9(1-2-16-10)8-17-12(15)18-3-5-20-6-4-18;/h1-2,7,11H,3-6,8H2,(H2,15,17);1H. The van der Waals surface area contributed by atoms with Gasteiger partial charge in [0.05, 0.1) is 6.54 Å². The maximum atomic E-state index is 12.1. The third-order valence-electron chi connectivity index (χ3n) is 2.77. The van der Waals surface area contributed by atoms with Gasteiger partial charge in [0.2, 0.25) is 5.88 Å². The van der Waals surface area contributed by atoms with Gasteiger partial charge in [0, 0.05) is 36.9 Å². The van der Waals surface area contributed by atoms with Gasteiger partial charge in [0.15, 0.2) is 5.96 Å². The van der Waals surface area contributed by atoms with Gasteiger partial charge in [-0.1, -0.05) is 0 Å². The highest BCUT2D eigenvalue weighted by atomic mass is 127. The number of aliphatic imine (C=N–C) groups is 1. The molecule has 2 N–H and O–H groups in total. The SMILES string of the molecule is I.NC(=NCc1ccnc(OC(F)F)c1)N1CCSCC1. The fourth-order valence-corrected chi connectivity index (χ4v) is 2.67. The van der Waals surface area contributed by atoms with Crippen LogP contribution in [-0.2, 0) is 6.54 Å². The van der Waals surface area contributed by atoms with Gasteiger partial charge in [0.25, 0.3) is 0 Å². The van der Waals surface area contributed by atoms with Crippen molar-refractivity contribution < 1.29 is 13.5 Å². The summed E-state index contributed by atoms with van der Waals surface area (Å²) < 4.78 is 28.4. The van der Waals surface area contributed by atoms with Crippen molar-refractivity contribution in [2.24, 2.45) is 10.7 Å². The van der Waals surface area contributed by atoms with Crippen LogP contribution in [0.25, 0.3) is 0 Å². The lowest BCUT2D eigenvalue weighted by Crippen LogP contribution is -2.42. The predicted octanol–water partition coefficient (Wildman–Crippen LogP) is 2.16. The number of hydrogen-bond donors (Lipinski definition) is 1. The van der Waals surface area contributed by atoms with Crippen LogP contribution in [-0.4, -0.2) is 47.1 Å². The number of nitrogens with zero attached hydrogens (tertiary/aromatic N) is 3. The summed E-state index contributed by atoms with van der Waals surface area (Å²) in [5.41, 5.74) is 6.64. The number of ether oxygens (including phenoxy) is 1. The van der Waals surface area contributed by atoms with E-state index in [1.807, 2.05) is 16.7 Å². The minimum atomic E-state index is -2.88. The van der Waals surface area contributed by atoms with E-state index < -0.39 is 6.61 Å². The zero-order valence-corrected chi connectivity index (χ0v) is 14.4. The van der Waals surface area contributed by atoms with E-state index in [4.69, 9.17) is 5.73 Å². The number of halogens is 3. The van der Waals surface area contributed by atoms with Gasteiger partial charge >= 0.3 is 6.61 Å². The molecule has 0 amide bonds. The molecular formula is C12H17F2IN4OS.